The van der Waals surface area contributed by atoms with E-state index in [1.807, 2.05) is 0 Å². The quantitative estimate of drug-likeness (QED) is 0.640. The number of aromatic nitrogens is 3. The van der Waals surface area contributed by atoms with E-state index in [-0.39, 0.29) is 6.54 Å². The molecule has 2 rings (SSSR count). The highest BCUT2D eigenvalue weighted by Gasteiger charge is 2.08. The zero-order valence-corrected chi connectivity index (χ0v) is 7.04. The minimum atomic E-state index is -0.940. The monoisotopic (exact) mass is 193 g/mol. The van der Waals surface area contributed by atoms with E-state index in [4.69, 9.17) is 6.42 Å². The van der Waals surface area contributed by atoms with Crippen molar-refractivity contribution in [1.29, 1.82) is 0 Å². The lowest BCUT2D eigenvalue weighted by Gasteiger charge is -1.88. The molecule has 0 bridgehead atoms. The van der Waals surface area contributed by atoms with E-state index < -0.39 is 11.6 Å². The average Bonchev–Trinajstić information content (AvgIpc) is 2.48. The fourth-order valence-corrected chi connectivity index (χ4v) is 1.11. The van der Waals surface area contributed by atoms with Gasteiger partial charge in [-0.05, 0) is 0 Å². The summed E-state index contributed by atoms with van der Waals surface area (Å²) in [7, 11) is 0. The van der Waals surface area contributed by atoms with E-state index in [1.165, 1.54) is 4.80 Å². The van der Waals surface area contributed by atoms with Crippen molar-refractivity contribution in [3.63, 3.8) is 0 Å². The first kappa shape index (κ1) is 8.63. The number of benzene rings is 1. The van der Waals surface area contributed by atoms with Crippen molar-refractivity contribution in [2.24, 2.45) is 0 Å². The molecule has 0 fully saturated rings. The molecule has 0 radical (unpaired) electrons. The van der Waals surface area contributed by atoms with Crippen LogP contribution in [-0.2, 0) is 6.54 Å². The predicted molar refractivity (Wildman–Crippen MR) is 46.3 cm³/mol. The number of fused-ring (bicyclic) bond motifs is 1. The molecule has 3 nitrogen and oxygen atoms in total. The Morgan fingerprint density at radius 2 is 1.71 bits per heavy atom. The van der Waals surface area contributed by atoms with Gasteiger partial charge < -0.3 is 0 Å². The summed E-state index contributed by atoms with van der Waals surface area (Å²) in [4.78, 5) is 1.21. The molecule has 0 saturated carbocycles. The first-order valence-corrected chi connectivity index (χ1v) is 3.84. The van der Waals surface area contributed by atoms with Crippen molar-refractivity contribution in [2.75, 3.05) is 0 Å². The van der Waals surface area contributed by atoms with Gasteiger partial charge in [0.2, 0.25) is 0 Å². The minimum absolute atomic E-state index is 0.178. The van der Waals surface area contributed by atoms with Crippen LogP contribution in [0.5, 0.6) is 0 Å². The zero-order chi connectivity index (χ0) is 10.1. The van der Waals surface area contributed by atoms with E-state index >= 15 is 0 Å². The lowest BCUT2D eigenvalue weighted by atomic mass is 10.3. The van der Waals surface area contributed by atoms with Crippen molar-refractivity contribution < 1.29 is 8.78 Å². The smallest absolute Gasteiger partial charge is 0.161 e. The van der Waals surface area contributed by atoms with Gasteiger partial charge in [-0.3, -0.25) is 0 Å². The maximum Gasteiger partial charge on any atom is 0.161 e. The summed E-state index contributed by atoms with van der Waals surface area (Å²) in [5.41, 5.74) is 0.582. The highest BCUT2D eigenvalue weighted by atomic mass is 19.2. The number of hydrogen-bond donors (Lipinski definition) is 0. The molecule has 0 spiro atoms. The summed E-state index contributed by atoms with van der Waals surface area (Å²) in [5, 5.41) is 7.72. The summed E-state index contributed by atoms with van der Waals surface area (Å²) in [5.74, 6) is 0.445. The summed E-state index contributed by atoms with van der Waals surface area (Å²) in [6.45, 7) is 0.178. The minimum Gasteiger partial charge on any atom is -0.204 e. The van der Waals surface area contributed by atoms with Gasteiger partial charge in [-0.15, -0.1) is 6.42 Å². The van der Waals surface area contributed by atoms with E-state index in [0.29, 0.717) is 11.0 Å². The van der Waals surface area contributed by atoms with Crippen molar-refractivity contribution in [3.05, 3.63) is 23.8 Å². The fraction of sp³-hybridized carbons (Fsp3) is 0.111. The third-order valence-electron chi connectivity index (χ3n) is 1.70. The van der Waals surface area contributed by atoms with Crippen LogP contribution in [0.1, 0.15) is 0 Å². The van der Waals surface area contributed by atoms with Crippen LogP contribution < -0.4 is 0 Å². The highest BCUT2D eigenvalue weighted by Crippen LogP contribution is 2.14. The van der Waals surface area contributed by atoms with Crippen LogP contribution in [0, 0.1) is 24.0 Å². The molecule has 0 atom stereocenters. The molecule has 1 aromatic carbocycles. The SMILES string of the molecule is C#CCn1nc2cc(F)c(F)cc2n1. The largest absolute Gasteiger partial charge is 0.204 e. The molecule has 2 aromatic rings. The summed E-state index contributed by atoms with van der Waals surface area (Å²) in [6, 6.07) is 1.98. The van der Waals surface area contributed by atoms with Crippen LogP contribution in [0.3, 0.4) is 0 Å². The number of halogens is 2. The Morgan fingerprint density at radius 1 is 1.21 bits per heavy atom. The number of terminal acetylenes is 1. The maximum absolute atomic E-state index is 12.8. The second-order valence-corrected chi connectivity index (χ2v) is 2.69. The molecule has 14 heavy (non-hydrogen) atoms. The first-order chi connectivity index (χ1) is 6.70. The third-order valence-corrected chi connectivity index (χ3v) is 1.70. The zero-order valence-electron chi connectivity index (χ0n) is 7.04. The Labute approximate surface area is 78.3 Å². The Hall–Kier alpha value is -1.96. The lowest BCUT2D eigenvalue weighted by molar-refractivity contribution is 0.510. The second-order valence-electron chi connectivity index (χ2n) is 2.69. The van der Waals surface area contributed by atoms with Gasteiger partial charge in [0.25, 0.3) is 0 Å². The van der Waals surface area contributed by atoms with Gasteiger partial charge >= 0.3 is 0 Å². The van der Waals surface area contributed by atoms with Crippen molar-refractivity contribution in [3.8, 4) is 12.3 Å². The van der Waals surface area contributed by atoms with Gasteiger partial charge in [-0.1, -0.05) is 5.92 Å². The molecule has 1 aromatic heterocycles. The first-order valence-electron chi connectivity index (χ1n) is 3.84. The van der Waals surface area contributed by atoms with Crippen molar-refractivity contribution in [2.45, 2.75) is 6.54 Å². The second kappa shape index (κ2) is 3.07. The summed E-state index contributed by atoms with van der Waals surface area (Å²) in [6.07, 6.45) is 5.04. The van der Waals surface area contributed by atoms with Gasteiger partial charge in [0.1, 0.15) is 17.6 Å². The maximum atomic E-state index is 12.8. The highest BCUT2D eigenvalue weighted by molar-refractivity contribution is 5.73. The van der Waals surface area contributed by atoms with Crippen molar-refractivity contribution in [1.82, 2.24) is 15.0 Å². The van der Waals surface area contributed by atoms with Crippen LogP contribution in [-0.4, -0.2) is 15.0 Å². The summed E-state index contributed by atoms with van der Waals surface area (Å²) < 4.78 is 25.5. The molecule has 5 heteroatoms. The molecule has 70 valence electrons. The molecule has 0 unspecified atom stereocenters. The van der Waals surface area contributed by atoms with Gasteiger partial charge in [0, 0.05) is 12.1 Å². The third kappa shape index (κ3) is 1.31. The fourth-order valence-electron chi connectivity index (χ4n) is 1.11. The molecule has 0 aliphatic carbocycles. The lowest BCUT2D eigenvalue weighted by Crippen LogP contribution is -1.98. The Bertz CT molecular complexity index is 486. The molecule has 1 heterocycles. The van der Waals surface area contributed by atoms with E-state index in [1.54, 1.807) is 0 Å². The number of rotatable bonds is 1. The molecule has 0 N–H and O–H groups in total. The molecular weight excluding hydrogens is 188 g/mol. The molecule has 0 aliphatic rings. The van der Waals surface area contributed by atoms with Gasteiger partial charge in [0.15, 0.2) is 11.6 Å². The van der Waals surface area contributed by atoms with Crippen molar-refractivity contribution >= 4 is 11.0 Å². The van der Waals surface area contributed by atoms with E-state index in [9.17, 15) is 8.78 Å². The average molecular weight is 193 g/mol. The van der Waals surface area contributed by atoms with Gasteiger partial charge in [-0.2, -0.15) is 15.0 Å². The molecule has 0 amide bonds. The predicted octanol–water partition coefficient (Wildman–Crippen LogP) is 1.34. The van der Waals surface area contributed by atoms with Crippen LogP contribution in [0.15, 0.2) is 12.1 Å². The Kier molecular flexibility index (Phi) is 1.89. The van der Waals surface area contributed by atoms with Crippen LogP contribution in [0.25, 0.3) is 11.0 Å². The van der Waals surface area contributed by atoms with Gasteiger partial charge in [-0.25, -0.2) is 8.78 Å². The van der Waals surface area contributed by atoms with Crippen LogP contribution in [0.4, 0.5) is 8.78 Å². The van der Waals surface area contributed by atoms with Gasteiger partial charge in [0.05, 0.1) is 0 Å². The standard InChI is InChI=1S/C9H5F2N3/c1-2-3-14-12-8-4-6(10)7(11)5-9(8)13-14/h1,4-5H,3H2. The molecular formula is C9H5F2N3. The normalized spacial score (nSPS) is 10.4. The Morgan fingerprint density at radius 3 is 2.14 bits per heavy atom. The van der Waals surface area contributed by atoms with Crippen LogP contribution >= 0.6 is 0 Å². The topological polar surface area (TPSA) is 30.7 Å². The van der Waals surface area contributed by atoms with Crippen LogP contribution in [0.2, 0.25) is 0 Å². The molecule has 0 saturated heterocycles. The van der Waals surface area contributed by atoms with E-state index in [2.05, 4.69) is 16.1 Å². The number of hydrogen-bond acceptors (Lipinski definition) is 2. The molecule has 0 aliphatic heterocycles. The van der Waals surface area contributed by atoms with E-state index in [0.717, 1.165) is 12.1 Å². The summed E-state index contributed by atoms with van der Waals surface area (Å²) >= 11 is 0. The number of nitrogens with zero attached hydrogens (tertiary/aromatic N) is 3. The Balaban J connectivity index is 2.61.